The van der Waals surface area contributed by atoms with E-state index >= 15 is 0 Å². The van der Waals surface area contributed by atoms with Crippen molar-refractivity contribution in [3.8, 4) is 17.0 Å². The van der Waals surface area contributed by atoms with Crippen LogP contribution >= 0.6 is 0 Å². The van der Waals surface area contributed by atoms with Crippen LogP contribution in [0.4, 0.5) is 0 Å². The minimum atomic E-state index is 0.0388. The molecule has 3 aromatic rings. The van der Waals surface area contributed by atoms with Crippen molar-refractivity contribution < 1.29 is 9.84 Å². The average molecular weight is 291 g/mol. The lowest BCUT2D eigenvalue weighted by molar-refractivity contribution is 0.282. The molecule has 0 radical (unpaired) electrons. The number of benzene rings is 2. The molecule has 2 heterocycles. The van der Waals surface area contributed by atoms with E-state index in [0.717, 1.165) is 46.5 Å². The first-order valence-corrected chi connectivity index (χ1v) is 7.52. The molecule has 3 heteroatoms. The Hall–Kier alpha value is -2.39. The zero-order chi connectivity index (χ0) is 15.1. The summed E-state index contributed by atoms with van der Waals surface area (Å²) >= 11 is 0. The number of aryl methyl sites for hydroxylation is 1. The summed E-state index contributed by atoms with van der Waals surface area (Å²) in [7, 11) is 0. The quantitative estimate of drug-likeness (QED) is 0.784. The van der Waals surface area contributed by atoms with Crippen LogP contribution < -0.4 is 4.74 Å². The van der Waals surface area contributed by atoms with Crippen LogP contribution in [0.25, 0.3) is 22.2 Å². The fourth-order valence-electron chi connectivity index (χ4n) is 3.04. The number of hydrogen-bond acceptors (Lipinski definition) is 3. The predicted octanol–water partition coefficient (Wildman–Crippen LogP) is 3.64. The Morgan fingerprint density at radius 2 is 2.05 bits per heavy atom. The second-order valence-corrected chi connectivity index (χ2v) is 5.75. The Bertz CT molecular complexity index is 871. The molecular formula is C19H17NO2. The predicted molar refractivity (Wildman–Crippen MR) is 87.0 cm³/mol. The van der Waals surface area contributed by atoms with Gasteiger partial charge in [0.2, 0.25) is 0 Å². The molecule has 3 nitrogen and oxygen atoms in total. The van der Waals surface area contributed by atoms with Gasteiger partial charge in [0.25, 0.3) is 0 Å². The Kier molecular flexibility index (Phi) is 3.09. The molecule has 4 rings (SSSR count). The number of aliphatic hydroxyl groups is 1. The monoisotopic (exact) mass is 291 g/mol. The van der Waals surface area contributed by atoms with E-state index in [4.69, 9.17) is 9.72 Å². The number of pyridine rings is 1. The van der Waals surface area contributed by atoms with Crippen LogP contribution in [0.15, 0.2) is 42.5 Å². The van der Waals surface area contributed by atoms with Gasteiger partial charge in [0.1, 0.15) is 5.75 Å². The highest BCUT2D eigenvalue weighted by molar-refractivity contribution is 5.85. The second kappa shape index (κ2) is 5.11. The minimum absolute atomic E-state index is 0.0388. The first-order chi connectivity index (χ1) is 10.7. The largest absolute Gasteiger partial charge is 0.493 e. The number of nitrogens with zero attached hydrogens (tertiary/aromatic N) is 1. The zero-order valence-electron chi connectivity index (χ0n) is 12.5. The van der Waals surface area contributed by atoms with Gasteiger partial charge in [-0.05, 0) is 53.9 Å². The second-order valence-electron chi connectivity index (χ2n) is 5.75. The SMILES string of the molecule is Cc1cc(-c2ccc3c(c2)CCO3)nc2cc(CO)ccc12. The van der Waals surface area contributed by atoms with Crippen molar-refractivity contribution in [2.24, 2.45) is 0 Å². The highest BCUT2D eigenvalue weighted by atomic mass is 16.5. The lowest BCUT2D eigenvalue weighted by atomic mass is 10.0. The normalized spacial score (nSPS) is 13.2. The minimum Gasteiger partial charge on any atom is -0.493 e. The summed E-state index contributed by atoms with van der Waals surface area (Å²) in [5, 5.41) is 10.4. The summed E-state index contributed by atoms with van der Waals surface area (Å²) in [6.45, 7) is 2.91. The first kappa shape index (κ1) is 13.3. The molecule has 2 aromatic carbocycles. The molecule has 1 aliphatic heterocycles. The summed E-state index contributed by atoms with van der Waals surface area (Å²) in [6.07, 6.45) is 0.963. The first-order valence-electron chi connectivity index (χ1n) is 7.52. The average Bonchev–Trinajstić information content (AvgIpc) is 3.01. The molecule has 0 fully saturated rings. The maximum atomic E-state index is 9.32. The van der Waals surface area contributed by atoms with E-state index in [1.807, 2.05) is 24.3 Å². The van der Waals surface area contributed by atoms with Crippen molar-refractivity contribution in [1.82, 2.24) is 4.98 Å². The van der Waals surface area contributed by atoms with Gasteiger partial charge in [0.15, 0.2) is 0 Å². The van der Waals surface area contributed by atoms with Crippen LogP contribution in [0, 0.1) is 6.92 Å². The number of aromatic nitrogens is 1. The molecule has 1 N–H and O–H groups in total. The summed E-state index contributed by atoms with van der Waals surface area (Å²) in [6, 6.07) is 14.3. The van der Waals surface area contributed by atoms with Crippen LogP contribution in [0.2, 0.25) is 0 Å². The van der Waals surface area contributed by atoms with Crippen LogP contribution in [0.3, 0.4) is 0 Å². The maximum absolute atomic E-state index is 9.32. The standard InChI is InChI=1S/C19H17NO2/c1-12-8-17(14-3-5-19-15(10-14)6-7-22-19)20-18-9-13(11-21)2-4-16(12)18/h2-5,8-10,21H,6-7,11H2,1H3. The Morgan fingerprint density at radius 1 is 1.14 bits per heavy atom. The highest BCUT2D eigenvalue weighted by Gasteiger charge is 2.14. The van der Waals surface area contributed by atoms with Crippen molar-refractivity contribution in [2.45, 2.75) is 20.0 Å². The van der Waals surface area contributed by atoms with Gasteiger partial charge in [-0.1, -0.05) is 12.1 Å². The maximum Gasteiger partial charge on any atom is 0.122 e. The number of hydrogen-bond donors (Lipinski definition) is 1. The Labute approximate surface area is 129 Å². The Morgan fingerprint density at radius 3 is 2.91 bits per heavy atom. The van der Waals surface area contributed by atoms with Crippen molar-refractivity contribution in [3.05, 3.63) is 59.2 Å². The van der Waals surface area contributed by atoms with E-state index in [1.54, 1.807) is 0 Å². The van der Waals surface area contributed by atoms with E-state index in [0.29, 0.717) is 0 Å². The lowest BCUT2D eigenvalue weighted by Crippen LogP contribution is -1.91. The third kappa shape index (κ3) is 2.14. The molecule has 0 unspecified atom stereocenters. The van der Waals surface area contributed by atoms with Gasteiger partial charge in [0, 0.05) is 17.4 Å². The number of ether oxygens (including phenoxy) is 1. The molecular weight excluding hydrogens is 274 g/mol. The molecule has 0 amide bonds. The molecule has 0 saturated carbocycles. The number of fused-ring (bicyclic) bond motifs is 2. The van der Waals surface area contributed by atoms with Crippen LogP contribution in [0.1, 0.15) is 16.7 Å². The molecule has 110 valence electrons. The molecule has 0 bridgehead atoms. The van der Waals surface area contributed by atoms with E-state index in [2.05, 4.69) is 25.1 Å². The summed E-state index contributed by atoms with van der Waals surface area (Å²) < 4.78 is 5.57. The lowest BCUT2D eigenvalue weighted by Gasteiger charge is -2.09. The van der Waals surface area contributed by atoms with Gasteiger partial charge in [-0.2, -0.15) is 0 Å². The molecule has 0 atom stereocenters. The molecule has 0 saturated heterocycles. The number of aliphatic hydroxyl groups excluding tert-OH is 1. The van der Waals surface area contributed by atoms with Gasteiger partial charge in [-0.15, -0.1) is 0 Å². The Balaban J connectivity index is 1.87. The van der Waals surface area contributed by atoms with Gasteiger partial charge >= 0.3 is 0 Å². The number of rotatable bonds is 2. The van der Waals surface area contributed by atoms with Crippen molar-refractivity contribution in [1.29, 1.82) is 0 Å². The summed E-state index contributed by atoms with van der Waals surface area (Å²) in [5.74, 6) is 0.990. The van der Waals surface area contributed by atoms with Crippen molar-refractivity contribution in [2.75, 3.05) is 6.61 Å². The fraction of sp³-hybridized carbons (Fsp3) is 0.211. The van der Waals surface area contributed by atoms with E-state index in [-0.39, 0.29) is 6.61 Å². The third-order valence-electron chi connectivity index (χ3n) is 4.25. The summed E-state index contributed by atoms with van der Waals surface area (Å²) in [5.41, 5.74) is 6.35. The molecule has 0 aliphatic carbocycles. The topological polar surface area (TPSA) is 42.4 Å². The van der Waals surface area contributed by atoms with E-state index < -0.39 is 0 Å². The molecule has 1 aromatic heterocycles. The van der Waals surface area contributed by atoms with Gasteiger partial charge in [-0.25, -0.2) is 4.98 Å². The van der Waals surface area contributed by atoms with E-state index in [9.17, 15) is 5.11 Å². The smallest absolute Gasteiger partial charge is 0.122 e. The van der Waals surface area contributed by atoms with Crippen LogP contribution in [-0.4, -0.2) is 16.7 Å². The third-order valence-corrected chi connectivity index (χ3v) is 4.25. The van der Waals surface area contributed by atoms with Crippen LogP contribution in [0.5, 0.6) is 5.75 Å². The van der Waals surface area contributed by atoms with Gasteiger partial charge in [0.05, 0.1) is 24.4 Å². The van der Waals surface area contributed by atoms with E-state index in [1.165, 1.54) is 11.1 Å². The van der Waals surface area contributed by atoms with Gasteiger partial charge in [-0.3, -0.25) is 0 Å². The van der Waals surface area contributed by atoms with Gasteiger partial charge < -0.3 is 9.84 Å². The zero-order valence-corrected chi connectivity index (χ0v) is 12.5. The molecule has 22 heavy (non-hydrogen) atoms. The van der Waals surface area contributed by atoms with Crippen LogP contribution in [-0.2, 0) is 13.0 Å². The fourth-order valence-corrected chi connectivity index (χ4v) is 3.04. The van der Waals surface area contributed by atoms with Crippen molar-refractivity contribution >= 4 is 10.9 Å². The summed E-state index contributed by atoms with van der Waals surface area (Å²) in [4.78, 5) is 4.79. The van der Waals surface area contributed by atoms with Crippen molar-refractivity contribution in [3.63, 3.8) is 0 Å². The molecule has 1 aliphatic rings. The molecule has 0 spiro atoms. The highest BCUT2D eigenvalue weighted by Crippen LogP contribution is 2.31.